The van der Waals surface area contributed by atoms with E-state index >= 15 is 0 Å². The first-order chi connectivity index (χ1) is 13.5. The number of nitrogens with zero attached hydrogens (tertiary/aromatic N) is 3. The number of nitrogens with one attached hydrogen (secondary N) is 1. The van der Waals surface area contributed by atoms with Gasteiger partial charge in [0.2, 0.25) is 0 Å². The third-order valence-corrected chi connectivity index (χ3v) is 5.58. The number of hydrogen-bond acceptors (Lipinski definition) is 4. The summed E-state index contributed by atoms with van der Waals surface area (Å²) in [7, 11) is 0. The first-order valence-corrected chi connectivity index (χ1v) is 12.3. The summed E-state index contributed by atoms with van der Waals surface area (Å²) < 4.78 is 0. The Labute approximate surface area is 185 Å². The summed E-state index contributed by atoms with van der Waals surface area (Å²) in [6.45, 7) is 12.6. The second-order valence-corrected chi connectivity index (χ2v) is 11.6. The van der Waals surface area contributed by atoms with Crippen molar-refractivity contribution in [2.75, 3.05) is 0 Å². The van der Waals surface area contributed by atoms with E-state index in [0.29, 0.717) is 0 Å². The topological polar surface area (TPSA) is 49.1 Å². The third kappa shape index (κ3) is 14.9. The van der Waals surface area contributed by atoms with Gasteiger partial charge in [-0.05, 0) is 92.9 Å². The standard InChI is InChI=1S/C12H23ClN2.C12H24N2/c1-11(2,3)14-15-12(13)9-7-5-4-6-8-10-12;1-12(2,3)14-13-11-9-7-5-4-6-8-10-11/h4-10H2,1-3H3;14H,4-10H2,1-3H3. The fourth-order valence-corrected chi connectivity index (χ4v) is 3.76. The first kappa shape index (κ1) is 26.4. The van der Waals surface area contributed by atoms with Crippen molar-refractivity contribution in [3.8, 4) is 0 Å². The van der Waals surface area contributed by atoms with Gasteiger partial charge in [-0.1, -0.05) is 50.1 Å². The lowest BCUT2D eigenvalue weighted by Crippen LogP contribution is -2.32. The summed E-state index contributed by atoms with van der Waals surface area (Å²) in [6.07, 6.45) is 17.5. The third-order valence-electron chi connectivity index (χ3n) is 5.13. The quantitative estimate of drug-likeness (QED) is 0.205. The van der Waals surface area contributed by atoms with Gasteiger partial charge >= 0.3 is 0 Å². The maximum absolute atomic E-state index is 6.50. The summed E-state index contributed by atoms with van der Waals surface area (Å²) >= 11 is 6.50. The van der Waals surface area contributed by atoms with Crippen molar-refractivity contribution >= 4 is 17.3 Å². The minimum atomic E-state index is -0.409. The number of alkyl halides is 1. The smallest absolute Gasteiger partial charge is 0.154 e. The molecule has 2 saturated carbocycles. The lowest BCUT2D eigenvalue weighted by molar-refractivity contribution is 0.387. The molecule has 0 aromatic heterocycles. The average Bonchev–Trinajstić information content (AvgIpc) is 2.55. The van der Waals surface area contributed by atoms with E-state index in [1.165, 1.54) is 82.8 Å². The molecule has 170 valence electrons. The van der Waals surface area contributed by atoms with Gasteiger partial charge in [-0.15, -0.1) is 0 Å². The molecule has 0 amide bonds. The Hall–Kier alpha value is -0.640. The van der Waals surface area contributed by atoms with E-state index < -0.39 is 5.00 Å². The molecule has 29 heavy (non-hydrogen) atoms. The van der Waals surface area contributed by atoms with Gasteiger partial charge < -0.3 is 5.43 Å². The van der Waals surface area contributed by atoms with Crippen LogP contribution in [0.5, 0.6) is 0 Å². The lowest BCUT2D eigenvalue weighted by Gasteiger charge is -2.25. The lowest BCUT2D eigenvalue weighted by atomic mass is 9.97. The molecule has 0 spiro atoms. The molecular formula is C24H47ClN4. The summed E-state index contributed by atoms with van der Waals surface area (Å²) in [5, 5.41) is 13.2. The summed E-state index contributed by atoms with van der Waals surface area (Å²) in [5.74, 6) is 0. The van der Waals surface area contributed by atoms with Crippen LogP contribution in [-0.2, 0) is 0 Å². The normalized spacial score (nSPS) is 21.8. The number of halogens is 1. The van der Waals surface area contributed by atoms with Gasteiger partial charge in [0, 0.05) is 11.3 Å². The monoisotopic (exact) mass is 426 g/mol. The van der Waals surface area contributed by atoms with Crippen molar-refractivity contribution in [1.29, 1.82) is 0 Å². The molecule has 5 heteroatoms. The summed E-state index contributed by atoms with van der Waals surface area (Å²) in [4.78, 5) is -0.409. The molecule has 4 nitrogen and oxygen atoms in total. The Morgan fingerprint density at radius 3 is 1.62 bits per heavy atom. The Balaban J connectivity index is 0.000000291. The molecule has 2 aliphatic rings. The van der Waals surface area contributed by atoms with Crippen molar-refractivity contribution in [1.82, 2.24) is 5.43 Å². The van der Waals surface area contributed by atoms with E-state index in [9.17, 15) is 0 Å². The van der Waals surface area contributed by atoms with E-state index in [1.807, 2.05) is 0 Å². The first-order valence-electron chi connectivity index (χ1n) is 11.9. The van der Waals surface area contributed by atoms with Gasteiger partial charge in [0.05, 0.1) is 5.54 Å². The van der Waals surface area contributed by atoms with Crippen LogP contribution in [0.1, 0.15) is 131 Å². The maximum Gasteiger partial charge on any atom is 0.154 e. The molecule has 0 radical (unpaired) electrons. The maximum atomic E-state index is 6.50. The van der Waals surface area contributed by atoms with E-state index in [1.54, 1.807) is 0 Å². The molecule has 0 saturated heterocycles. The highest BCUT2D eigenvalue weighted by Gasteiger charge is 2.27. The van der Waals surface area contributed by atoms with Crippen LogP contribution in [-0.4, -0.2) is 21.8 Å². The minimum Gasteiger partial charge on any atom is -0.305 e. The zero-order valence-electron chi connectivity index (χ0n) is 20.1. The molecule has 0 aromatic carbocycles. The molecule has 0 heterocycles. The van der Waals surface area contributed by atoms with Crippen LogP contribution in [0.25, 0.3) is 0 Å². The fourth-order valence-electron chi connectivity index (χ4n) is 3.46. The summed E-state index contributed by atoms with van der Waals surface area (Å²) in [6, 6.07) is 0. The minimum absolute atomic E-state index is 0.107. The van der Waals surface area contributed by atoms with Crippen molar-refractivity contribution in [2.45, 2.75) is 148 Å². The second kappa shape index (κ2) is 12.9. The molecule has 0 bridgehead atoms. The number of rotatable bonds is 2. The highest BCUT2D eigenvalue weighted by Crippen LogP contribution is 2.34. The van der Waals surface area contributed by atoms with Crippen LogP contribution in [0.4, 0.5) is 0 Å². The predicted octanol–water partition coefficient (Wildman–Crippen LogP) is 8.39. The highest BCUT2D eigenvalue weighted by atomic mass is 35.5. The fraction of sp³-hybridized carbons (Fsp3) is 0.958. The molecule has 0 unspecified atom stereocenters. The van der Waals surface area contributed by atoms with Crippen LogP contribution >= 0.6 is 11.6 Å². The Kier molecular flexibility index (Phi) is 11.8. The van der Waals surface area contributed by atoms with Gasteiger partial charge in [0.25, 0.3) is 0 Å². The van der Waals surface area contributed by atoms with Crippen molar-refractivity contribution < 1.29 is 0 Å². The van der Waals surface area contributed by atoms with Crippen LogP contribution in [0.15, 0.2) is 15.3 Å². The molecule has 0 aromatic rings. The molecule has 2 fully saturated rings. The Morgan fingerprint density at radius 2 is 1.17 bits per heavy atom. The molecule has 1 N–H and O–H groups in total. The Morgan fingerprint density at radius 1 is 0.724 bits per heavy atom. The average molecular weight is 427 g/mol. The molecular weight excluding hydrogens is 380 g/mol. The van der Waals surface area contributed by atoms with Crippen LogP contribution < -0.4 is 5.43 Å². The summed E-state index contributed by atoms with van der Waals surface area (Å²) in [5.41, 5.74) is 4.60. The van der Waals surface area contributed by atoms with Gasteiger partial charge in [0.1, 0.15) is 0 Å². The van der Waals surface area contributed by atoms with Crippen LogP contribution in [0, 0.1) is 0 Å². The second-order valence-electron chi connectivity index (χ2n) is 10.9. The van der Waals surface area contributed by atoms with E-state index in [0.717, 1.165) is 12.8 Å². The van der Waals surface area contributed by atoms with Crippen molar-refractivity contribution in [3.05, 3.63) is 0 Å². The number of hydrogen-bond donors (Lipinski definition) is 1. The van der Waals surface area contributed by atoms with Gasteiger partial charge in [-0.3, -0.25) is 0 Å². The van der Waals surface area contributed by atoms with Gasteiger partial charge in [-0.25, -0.2) is 0 Å². The van der Waals surface area contributed by atoms with Crippen molar-refractivity contribution in [2.24, 2.45) is 15.3 Å². The van der Waals surface area contributed by atoms with E-state index in [2.05, 4.69) is 62.3 Å². The van der Waals surface area contributed by atoms with Crippen molar-refractivity contribution in [3.63, 3.8) is 0 Å². The Bertz CT molecular complexity index is 482. The van der Waals surface area contributed by atoms with Gasteiger partial charge in [0.15, 0.2) is 5.00 Å². The van der Waals surface area contributed by atoms with E-state index in [4.69, 9.17) is 11.6 Å². The van der Waals surface area contributed by atoms with E-state index in [-0.39, 0.29) is 11.1 Å². The highest BCUT2D eigenvalue weighted by molar-refractivity contribution is 6.23. The van der Waals surface area contributed by atoms with Crippen LogP contribution in [0.2, 0.25) is 0 Å². The molecule has 0 atom stereocenters. The zero-order valence-corrected chi connectivity index (χ0v) is 20.9. The molecule has 0 aliphatic heterocycles. The SMILES string of the molecule is CC(C)(C)N=NC1(Cl)CCCCCCC1.CC(C)(C)NN=C1CCCCCCC1. The number of azo groups is 1. The number of hydrazone groups is 1. The van der Waals surface area contributed by atoms with Crippen LogP contribution in [0.3, 0.4) is 0 Å². The van der Waals surface area contributed by atoms with Gasteiger partial charge in [-0.2, -0.15) is 15.3 Å². The molecule has 2 aliphatic carbocycles. The molecule has 2 rings (SSSR count). The predicted molar refractivity (Wildman–Crippen MR) is 128 cm³/mol. The largest absolute Gasteiger partial charge is 0.305 e. The zero-order chi connectivity index (χ0) is 21.8.